The molecule has 0 heterocycles. The van der Waals surface area contributed by atoms with Crippen molar-refractivity contribution in [1.82, 2.24) is 0 Å². The second kappa shape index (κ2) is 2.99. The van der Waals surface area contributed by atoms with Crippen molar-refractivity contribution in [2.45, 2.75) is 25.2 Å². The number of ketones is 1. The van der Waals surface area contributed by atoms with E-state index in [4.69, 9.17) is 6.42 Å². The van der Waals surface area contributed by atoms with Crippen LogP contribution in [0.5, 0.6) is 0 Å². The molecule has 0 aliphatic heterocycles. The van der Waals surface area contributed by atoms with Crippen molar-refractivity contribution < 1.29 is 4.79 Å². The minimum absolute atomic E-state index is 0.165. The molecule has 1 nitrogen and oxygen atoms in total. The second-order valence-corrected chi connectivity index (χ2v) is 3.85. The van der Waals surface area contributed by atoms with Crippen LogP contribution in [0.3, 0.4) is 0 Å². The van der Waals surface area contributed by atoms with Gasteiger partial charge in [-0.3, -0.25) is 4.79 Å². The number of benzene rings is 1. The molecule has 0 saturated heterocycles. The summed E-state index contributed by atoms with van der Waals surface area (Å²) in [7, 11) is 0. The van der Waals surface area contributed by atoms with E-state index in [2.05, 4.69) is 12.0 Å². The van der Waals surface area contributed by atoms with Gasteiger partial charge in [-0.05, 0) is 24.5 Å². The Morgan fingerprint density at radius 2 is 2.07 bits per heavy atom. The fourth-order valence-electron chi connectivity index (χ4n) is 2.03. The summed E-state index contributed by atoms with van der Waals surface area (Å²) in [6, 6.07) is 7.95. The van der Waals surface area contributed by atoms with E-state index in [1.54, 1.807) is 0 Å². The predicted molar refractivity (Wildman–Crippen MR) is 56.0 cm³/mol. The van der Waals surface area contributed by atoms with E-state index in [1.807, 2.05) is 25.1 Å². The van der Waals surface area contributed by atoms with Crippen LogP contribution < -0.4 is 0 Å². The third kappa shape index (κ3) is 1.08. The normalized spacial score (nSPS) is 25.3. The zero-order valence-electron chi connectivity index (χ0n) is 8.21. The van der Waals surface area contributed by atoms with E-state index in [-0.39, 0.29) is 5.78 Å². The third-order valence-electron chi connectivity index (χ3n) is 3.02. The standard InChI is InChI=1S/C13H12O/c1-3-13(2)11-7-5-4-6-10(11)8-9-12(13)14/h1,4-7H,8-9H2,2H3. The summed E-state index contributed by atoms with van der Waals surface area (Å²) in [6.45, 7) is 1.84. The van der Waals surface area contributed by atoms with Crippen molar-refractivity contribution in [3.8, 4) is 12.3 Å². The summed E-state index contributed by atoms with van der Waals surface area (Å²) in [5.41, 5.74) is 1.53. The summed E-state index contributed by atoms with van der Waals surface area (Å²) in [5, 5.41) is 0. The minimum Gasteiger partial charge on any atom is -0.298 e. The highest BCUT2D eigenvalue weighted by molar-refractivity contribution is 5.95. The van der Waals surface area contributed by atoms with Gasteiger partial charge in [-0.1, -0.05) is 30.2 Å². The Kier molecular flexibility index (Phi) is 1.93. The summed E-state index contributed by atoms with van der Waals surface area (Å²) >= 11 is 0. The molecule has 0 radical (unpaired) electrons. The lowest BCUT2D eigenvalue weighted by atomic mass is 9.71. The molecular weight excluding hydrogens is 172 g/mol. The van der Waals surface area contributed by atoms with Gasteiger partial charge in [0, 0.05) is 6.42 Å². The summed E-state index contributed by atoms with van der Waals surface area (Å²) < 4.78 is 0. The van der Waals surface area contributed by atoms with Crippen molar-refractivity contribution in [2.24, 2.45) is 0 Å². The van der Waals surface area contributed by atoms with Gasteiger partial charge in [0.15, 0.2) is 5.78 Å². The number of Topliss-reactive ketones (excluding diaryl/α,β-unsaturated/α-hetero) is 1. The van der Waals surface area contributed by atoms with Gasteiger partial charge in [0.1, 0.15) is 5.41 Å². The highest BCUT2D eigenvalue weighted by atomic mass is 16.1. The Morgan fingerprint density at radius 3 is 2.79 bits per heavy atom. The van der Waals surface area contributed by atoms with Gasteiger partial charge < -0.3 is 0 Å². The molecule has 1 aromatic rings. The molecule has 1 unspecified atom stereocenters. The number of fused-ring (bicyclic) bond motifs is 1. The third-order valence-corrected chi connectivity index (χ3v) is 3.02. The van der Waals surface area contributed by atoms with Crippen LogP contribution in [-0.2, 0) is 16.6 Å². The summed E-state index contributed by atoms with van der Waals surface area (Å²) in [4.78, 5) is 11.8. The number of terminal acetylenes is 1. The quantitative estimate of drug-likeness (QED) is 0.564. The Hall–Kier alpha value is -1.55. The van der Waals surface area contributed by atoms with Gasteiger partial charge in [0.05, 0.1) is 0 Å². The minimum atomic E-state index is -0.700. The van der Waals surface area contributed by atoms with E-state index >= 15 is 0 Å². The van der Waals surface area contributed by atoms with Crippen molar-refractivity contribution in [3.63, 3.8) is 0 Å². The highest BCUT2D eigenvalue weighted by Gasteiger charge is 2.37. The largest absolute Gasteiger partial charge is 0.298 e. The van der Waals surface area contributed by atoms with Crippen LogP contribution in [0.15, 0.2) is 24.3 Å². The average molecular weight is 184 g/mol. The average Bonchev–Trinajstić information content (AvgIpc) is 2.24. The van der Waals surface area contributed by atoms with Gasteiger partial charge in [0.25, 0.3) is 0 Å². The molecule has 0 N–H and O–H groups in total. The molecule has 0 spiro atoms. The molecule has 0 aromatic heterocycles. The van der Waals surface area contributed by atoms with E-state index in [1.165, 1.54) is 5.56 Å². The fraction of sp³-hybridized carbons (Fsp3) is 0.308. The molecular formula is C13H12O. The molecule has 0 bridgehead atoms. The van der Waals surface area contributed by atoms with E-state index in [0.29, 0.717) is 6.42 Å². The first-order valence-corrected chi connectivity index (χ1v) is 4.78. The van der Waals surface area contributed by atoms with Crippen LogP contribution in [0.25, 0.3) is 0 Å². The molecule has 1 aliphatic rings. The molecule has 1 heteroatoms. The number of carbonyl (C=O) groups excluding carboxylic acids is 1. The van der Waals surface area contributed by atoms with Gasteiger partial charge in [0.2, 0.25) is 0 Å². The fourth-order valence-corrected chi connectivity index (χ4v) is 2.03. The zero-order chi connectivity index (χ0) is 10.2. The molecule has 2 rings (SSSR count). The maximum atomic E-state index is 11.8. The van der Waals surface area contributed by atoms with Crippen LogP contribution in [0.1, 0.15) is 24.5 Å². The Morgan fingerprint density at radius 1 is 1.36 bits per heavy atom. The van der Waals surface area contributed by atoms with Crippen molar-refractivity contribution >= 4 is 5.78 Å². The van der Waals surface area contributed by atoms with Crippen LogP contribution in [0.4, 0.5) is 0 Å². The first-order chi connectivity index (χ1) is 6.68. The van der Waals surface area contributed by atoms with E-state index < -0.39 is 5.41 Å². The first-order valence-electron chi connectivity index (χ1n) is 4.78. The Bertz CT molecular complexity index is 425. The van der Waals surface area contributed by atoms with E-state index in [9.17, 15) is 4.79 Å². The number of carbonyl (C=O) groups is 1. The zero-order valence-corrected chi connectivity index (χ0v) is 8.21. The predicted octanol–water partition coefficient (Wildman–Crippen LogP) is 2.09. The number of rotatable bonds is 0. The first kappa shape index (κ1) is 9.02. The van der Waals surface area contributed by atoms with Crippen molar-refractivity contribution in [2.75, 3.05) is 0 Å². The lowest BCUT2D eigenvalue weighted by Crippen LogP contribution is -2.35. The van der Waals surface area contributed by atoms with Crippen LogP contribution in [-0.4, -0.2) is 5.78 Å². The monoisotopic (exact) mass is 184 g/mol. The van der Waals surface area contributed by atoms with Gasteiger partial charge in [-0.15, -0.1) is 6.42 Å². The molecule has 0 amide bonds. The molecule has 14 heavy (non-hydrogen) atoms. The molecule has 1 atom stereocenters. The van der Waals surface area contributed by atoms with Crippen molar-refractivity contribution in [3.05, 3.63) is 35.4 Å². The SMILES string of the molecule is C#CC1(C)C(=O)CCc2ccccc21. The van der Waals surface area contributed by atoms with Crippen LogP contribution in [0, 0.1) is 12.3 Å². The molecule has 0 fully saturated rings. The molecule has 1 aromatic carbocycles. The van der Waals surface area contributed by atoms with E-state index in [0.717, 1.165) is 12.0 Å². The molecule has 70 valence electrons. The molecule has 1 aliphatic carbocycles. The van der Waals surface area contributed by atoms with Crippen LogP contribution in [0.2, 0.25) is 0 Å². The van der Waals surface area contributed by atoms with Gasteiger partial charge in [-0.2, -0.15) is 0 Å². The maximum Gasteiger partial charge on any atom is 0.155 e. The smallest absolute Gasteiger partial charge is 0.155 e. The summed E-state index contributed by atoms with van der Waals surface area (Å²) in [6.07, 6.45) is 6.86. The Labute approximate surface area is 84.1 Å². The maximum absolute atomic E-state index is 11.8. The van der Waals surface area contributed by atoms with Gasteiger partial charge >= 0.3 is 0 Å². The topological polar surface area (TPSA) is 17.1 Å². The number of hydrogen-bond acceptors (Lipinski definition) is 1. The Balaban J connectivity index is 2.65. The van der Waals surface area contributed by atoms with Crippen molar-refractivity contribution in [1.29, 1.82) is 0 Å². The lowest BCUT2D eigenvalue weighted by Gasteiger charge is -2.29. The highest BCUT2D eigenvalue weighted by Crippen LogP contribution is 2.33. The lowest BCUT2D eigenvalue weighted by molar-refractivity contribution is -0.122. The second-order valence-electron chi connectivity index (χ2n) is 3.85. The van der Waals surface area contributed by atoms with Crippen LogP contribution >= 0.6 is 0 Å². The number of hydrogen-bond donors (Lipinski definition) is 0. The number of aryl methyl sites for hydroxylation is 1. The summed E-state index contributed by atoms with van der Waals surface area (Å²) in [5.74, 6) is 2.80. The molecule has 0 saturated carbocycles. The van der Waals surface area contributed by atoms with Gasteiger partial charge in [-0.25, -0.2) is 0 Å².